The minimum absolute atomic E-state index is 0.112. The van der Waals surface area contributed by atoms with Crippen LogP contribution in [0, 0.1) is 5.82 Å². The topological polar surface area (TPSA) is 47.3 Å². The normalized spacial score (nSPS) is 12.4. The maximum Gasteiger partial charge on any atom is 0.165 e. The summed E-state index contributed by atoms with van der Waals surface area (Å²) in [6, 6.07) is 4.28. The number of ether oxygens (including phenoxy) is 1. The third-order valence-electron chi connectivity index (χ3n) is 2.82. The van der Waals surface area contributed by atoms with Gasteiger partial charge in [-0.15, -0.1) is 0 Å². The molecule has 0 saturated carbocycles. The van der Waals surface area contributed by atoms with E-state index in [1.165, 1.54) is 25.3 Å². The first-order valence-corrected chi connectivity index (χ1v) is 5.70. The second-order valence-electron chi connectivity index (χ2n) is 3.87. The van der Waals surface area contributed by atoms with Crippen molar-refractivity contribution in [3.05, 3.63) is 47.8 Å². The second-order valence-corrected chi connectivity index (χ2v) is 3.87. The van der Waals surface area contributed by atoms with E-state index in [0.717, 1.165) is 0 Å². The van der Waals surface area contributed by atoms with Gasteiger partial charge in [0.15, 0.2) is 11.6 Å². The molecular weight excluding hydrogens is 235 g/mol. The molecular formula is C13H15FN2O2. The lowest BCUT2D eigenvalue weighted by atomic mass is 10.1. The van der Waals surface area contributed by atoms with Gasteiger partial charge in [-0.2, -0.15) is 0 Å². The summed E-state index contributed by atoms with van der Waals surface area (Å²) < 4.78 is 20.0. The molecule has 0 aliphatic carbocycles. The van der Waals surface area contributed by atoms with Gasteiger partial charge in [0.05, 0.1) is 7.11 Å². The number of aliphatic hydroxyl groups is 1. The number of methoxy groups -OCH3 is 1. The number of halogens is 1. The van der Waals surface area contributed by atoms with Gasteiger partial charge in [0.1, 0.15) is 11.9 Å². The molecule has 1 atom stereocenters. The summed E-state index contributed by atoms with van der Waals surface area (Å²) in [4.78, 5) is 4.12. The Balaban J connectivity index is 2.37. The SMILES string of the molecule is CCn1ccnc1C(O)c1ccc(F)c(OC)c1. The quantitative estimate of drug-likeness (QED) is 0.904. The monoisotopic (exact) mass is 250 g/mol. The predicted molar refractivity (Wildman–Crippen MR) is 64.9 cm³/mol. The van der Waals surface area contributed by atoms with Crippen LogP contribution in [0.1, 0.15) is 24.4 Å². The average molecular weight is 250 g/mol. The maximum absolute atomic E-state index is 13.3. The number of aromatic nitrogens is 2. The lowest BCUT2D eigenvalue weighted by Gasteiger charge is -2.13. The van der Waals surface area contributed by atoms with Crippen LogP contribution in [0.2, 0.25) is 0 Å². The Morgan fingerprint density at radius 3 is 2.94 bits per heavy atom. The zero-order chi connectivity index (χ0) is 13.1. The number of imidazole rings is 1. The van der Waals surface area contributed by atoms with Crippen molar-refractivity contribution in [2.24, 2.45) is 0 Å². The molecule has 0 amide bonds. The van der Waals surface area contributed by atoms with Crippen molar-refractivity contribution < 1.29 is 14.2 Å². The molecule has 0 aliphatic heterocycles. The maximum atomic E-state index is 13.3. The summed E-state index contributed by atoms with van der Waals surface area (Å²) in [5.41, 5.74) is 0.550. The van der Waals surface area contributed by atoms with Crippen LogP contribution in [0.25, 0.3) is 0 Å². The Hall–Kier alpha value is -1.88. The van der Waals surface area contributed by atoms with E-state index in [2.05, 4.69) is 4.98 Å². The molecule has 0 bridgehead atoms. The number of rotatable bonds is 4. The highest BCUT2D eigenvalue weighted by Gasteiger charge is 2.17. The molecule has 0 radical (unpaired) electrons. The zero-order valence-electron chi connectivity index (χ0n) is 10.3. The number of hydrogen-bond donors (Lipinski definition) is 1. The van der Waals surface area contributed by atoms with E-state index in [4.69, 9.17) is 4.74 Å². The van der Waals surface area contributed by atoms with Gasteiger partial charge in [-0.1, -0.05) is 6.07 Å². The Labute approximate surface area is 105 Å². The molecule has 0 spiro atoms. The summed E-state index contributed by atoms with van der Waals surface area (Å²) in [7, 11) is 1.39. The molecule has 18 heavy (non-hydrogen) atoms. The van der Waals surface area contributed by atoms with Gasteiger partial charge in [-0.25, -0.2) is 9.37 Å². The first-order valence-electron chi connectivity index (χ1n) is 5.70. The standard InChI is InChI=1S/C13H15FN2O2/c1-3-16-7-6-15-13(16)12(17)9-4-5-10(14)11(8-9)18-2/h4-8,12,17H,3H2,1-2H3. The molecule has 0 saturated heterocycles. The molecule has 1 N–H and O–H groups in total. The third kappa shape index (κ3) is 2.22. The van der Waals surface area contributed by atoms with Crippen LogP contribution >= 0.6 is 0 Å². The van der Waals surface area contributed by atoms with Gasteiger partial charge in [0.2, 0.25) is 0 Å². The fraction of sp³-hybridized carbons (Fsp3) is 0.308. The van der Waals surface area contributed by atoms with Crippen LogP contribution in [-0.2, 0) is 6.54 Å². The van der Waals surface area contributed by atoms with E-state index in [-0.39, 0.29) is 5.75 Å². The minimum Gasteiger partial charge on any atom is -0.494 e. The smallest absolute Gasteiger partial charge is 0.165 e. The molecule has 1 heterocycles. The van der Waals surface area contributed by atoms with Crippen molar-refractivity contribution in [1.82, 2.24) is 9.55 Å². The Bertz CT molecular complexity index is 540. The molecule has 1 unspecified atom stereocenters. The largest absolute Gasteiger partial charge is 0.494 e. The van der Waals surface area contributed by atoms with Crippen LogP contribution in [0.4, 0.5) is 4.39 Å². The van der Waals surface area contributed by atoms with Crippen LogP contribution in [0.5, 0.6) is 5.75 Å². The predicted octanol–water partition coefficient (Wildman–Crippen LogP) is 2.13. The van der Waals surface area contributed by atoms with Gasteiger partial charge >= 0.3 is 0 Å². The summed E-state index contributed by atoms with van der Waals surface area (Å²) in [5.74, 6) is 0.194. The van der Waals surface area contributed by atoms with E-state index in [1.54, 1.807) is 12.4 Å². The lowest BCUT2D eigenvalue weighted by Crippen LogP contribution is -2.09. The zero-order valence-corrected chi connectivity index (χ0v) is 10.3. The highest BCUT2D eigenvalue weighted by molar-refractivity contribution is 5.33. The molecule has 0 fully saturated rings. The van der Waals surface area contributed by atoms with E-state index >= 15 is 0 Å². The number of benzene rings is 1. The van der Waals surface area contributed by atoms with Crippen LogP contribution in [-0.4, -0.2) is 21.8 Å². The number of aryl methyl sites for hydroxylation is 1. The first kappa shape index (κ1) is 12.6. The van der Waals surface area contributed by atoms with Crippen molar-refractivity contribution >= 4 is 0 Å². The van der Waals surface area contributed by atoms with E-state index in [9.17, 15) is 9.50 Å². The Kier molecular flexibility index (Phi) is 3.62. The summed E-state index contributed by atoms with van der Waals surface area (Å²) in [6.07, 6.45) is 2.52. The van der Waals surface area contributed by atoms with Crippen molar-refractivity contribution in [2.45, 2.75) is 19.6 Å². The summed E-state index contributed by atoms with van der Waals surface area (Å²) in [5, 5.41) is 10.2. The van der Waals surface area contributed by atoms with Gasteiger partial charge < -0.3 is 14.4 Å². The summed E-state index contributed by atoms with van der Waals surface area (Å²) in [6.45, 7) is 2.67. The molecule has 0 aliphatic rings. The molecule has 96 valence electrons. The van der Waals surface area contributed by atoms with Crippen LogP contribution in [0.3, 0.4) is 0 Å². The number of nitrogens with zero attached hydrogens (tertiary/aromatic N) is 2. The Morgan fingerprint density at radius 1 is 1.50 bits per heavy atom. The highest BCUT2D eigenvalue weighted by atomic mass is 19.1. The third-order valence-corrected chi connectivity index (χ3v) is 2.82. The van der Waals surface area contributed by atoms with E-state index in [1.807, 2.05) is 11.5 Å². The molecule has 5 heteroatoms. The van der Waals surface area contributed by atoms with Crippen molar-refractivity contribution in [3.8, 4) is 5.75 Å². The van der Waals surface area contributed by atoms with Crippen molar-refractivity contribution in [3.63, 3.8) is 0 Å². The molecule has 2 aromatic rings. The fourth-order valence-corrected chi connectivity index (χ4v) is 1.83. The van der Waals surface area contributed by atoms with E-state index in [0.29, 0.717) is 17.9 Å². The van der Waals surface area contributed by atoms with Gasteiger partial charge in [0, 0.05) is 18.9 Å². The van der Waals surface area contributed by atoms with Crippen molar-refractivity contribution in [1.29, 1.82) is 0 Å². The van der Waals surface area contributed by atoms with Gasteiger partial charge in [-0.05, 0) is 24.6 Å². The fourth-order valence-electron chi connectivity index (χ4n) is 1.83. The first-order chi connectivity index (χ1) is 8.67. The number of aliphatic hydroxyl groups excluding tert-OH is 1. The number of hydrogen-bond acceptors (Lipinski definition) is 3. The second kappa shape index (κ2) is 5.18. The van der Waals surface area contributed by atoms with E-state index < -0.39 is 11.9 Å². The van der Waals surface area contributed by atoms with Gasteiger partial charge in [-0.3, -0.25) is 0 Å². The van der Waals surface area contributed by atoms with Crippen LogP contribution < -0.4 is 4.74 Å². The molecule has 1 aromatic heterocycles. The average Bonchev–Trinajstić information content (AvgIpc) is 2.86. The molecule has 4 nitrogen and oxygen atoms in total. The lowest BCUT2D eigenvalue weighted by molar-refractivity contribution is 0.204. The Morgan fingerprint density at radius 2 is 2.28 bits per heavy atom. The minimum atomic E-state index is -0.894. The summed E-state index contributed by atoms with van der Waals surface area (Å²) >= 11 is 0. The highest BCUT2D eigenvalue weighted by Crippen LogP contribution is 2.26. The molecule has 2 rings (SSSR count). The van der Waals surface area contributed by atoms with Gasteiger partial charge in [0.25, 0.3) is 0 Å². The van der Waals surface area contributed by atoms with Crippen molar-refractivity contribution in [2.75, 3.05) is 7.11 Å². The van der Waals surface area contributed by atoms with Crippen LogP contribution in [0.15, 0.2) is 30.6 Å². The molecule has 1 aromatic carbocycles.